The SMILES string of the molecule is COc1ccc(C2CC(=O)NC2c2ccccc2)cc1Cl. The number of hydrogen-bond acceptors (Lipinski definition) is 2. The van der Waals surface area contributed by atoms with Gasteiger partial charge in [0.1, 0.15) is 5.75 Å². The largest absolute Gasteiger partial charge is 0.495 e. The molecule has 3 rings (SSSR count). The van der Waals surface area contributed by atoms with E-state index in [2.05, 4.69) is 5.32 Å². The number of halogens is 1. The van der Waals surface area contributed by atoms with E-state index >= 15 is 0 Å². The van der Waals surface area contributed by atoms with Crippen LogP contribution < -0.4 is 10.1 Å². The van der Waals surface area contributed by atoms with Crippen molar-refractivity contribution in [3.8, 4) is 5.75 Å². The molecule has 1 fully saturated rings. The molecule has 108 valence electrons. The molecule has 1 amide bonds. The van der Waals surface area contributed by atoms with E-state index in [4.69, 9.17) is 16.3 Å². The van der Waals surface area contributed by atoms with Crippen LogP contribution in [0.15, 0.2) is 48.5 Å². The molecule has 1 heterocycles. The Morgan fingerprint density at radius 1 is 1.14 bits per heavy atom. The second-order valence-corrected chi connectivity index (χ2v) is 5.57. The molecular weight excluding hydrogens is 286 g/mol. The van der Waals surface area contributed by atoms with E-state index in [0.29, 0.717) is 17.2 Å². The van der Waals surface area contributed by atoms with Crippen molar-refractivity contribution in [3.63, 3.8) is 0 Å². The summed E-state index contributed by atoms with van der Waals surface area (Å²) in [4.78, 5) is 11.8. The lowest BCUT2D eigenvalue weighted by molar-refractivity contribution is -0.119. The van der Waals surface area contributed by atoms with Gasteiger partial charge in [-0.25, -0.2) is 0 Å². The molecule has 2 atom stereocenters. The van der Waals surface area contributed by atoms with Crippen LogP contribution in [0.25, 0.3) is 0 Å². The predicted molar refractivity (Wildman–Crippen MR) is 82.7 cm³/mol. The Morgan fingerprint density at radius 2 is 1.90 bits per heavy atom. The highest BCUT2D eigenvalue weighted by Gasteiger charge is 2.34. The van der Waals surface area contributed by atoms with Gasteiger partial charge in [0.25, 0.3) is 0 Å². The van der Waals surface area contributed by atoms with Gasteiger partial charge in [0.05, 0.1) is 18.2 Å². The van der Waals surface area contributed by atoms with Gasteiger partial charge in [-0.1, -0.05) is 48.0 Å². The quantitative estimate of drug-likeness (QED) is 0.939. The van der Waals surface area contributed by atoms with Gasteiger partial charge in [-0.2, -0.15) is 0 Å². The fourth-order valence-corrected chi connectivity index (χ4v) is 3.12. The predicted octanol–water partition coefficient (Wildman–Crippen LogP) is 3.69. The van der Waals surface area contributed by atoms with Crippen molar-refractivity contribution in [2.24, 2.45) is 0 Å². The molecule has 0 aromatic heterocycles. The summed E-state index contributed by atoms with van der Waals surface area (Å²) in [6.07, 6.45) is 0.474. The zero-order valence-electron chi connectivity index (χ0n) is 11.7. The minimum atomic E-state index is -0.0110. The fourth-order valence-electron chi connectivity index (χ4n) is 2.85. The third-order valence-corrected chi connectivity index (χ3v) is 4.18. The van der Waals surface area contributed by atoms with Crippen LogP contribution in [-0.2, 0) is 4.79 Å². The van der Waals surface area contributed by atoms with E-state index in [9.17, 15) is 4.79 Å². The molecule has 2 aromatic carbocycles. The number of carbonyl (C=O) groups excluding carboxylic acids is 1. The molecule has 21 heavy (non-hydrogen) atoms. The standard InChI is InChI=1S/C17H16ClNO2/c1-21-15-8-7-12(9-14(15)18)13-10-16(20)19-17(13)11-5-3-2-4-6-11/h2-9,13,17H,10H2,1H3,(H,19,20). The minimum Gasteiger partial charge on any atom is -0.495 e. The summed E-state index contributed by atoms with van der Waals surface area (Å²) in [6.45, 7) is 0. The Labute approximate surface area is 128 Å². The van der Waals surface area contributed by atoms with Crippen molar-refractivity contribution in [1.29, 1.82) is 0 Å². The van der Waals surface area contributed by atoms with Crippen molar-refractivity contribution in [2.45, 2.75) is 18.4 Å². The van der Waals surface area contributed by atoms with E-state index in [-0.39, 0.29) is 17.9 Å². The molecule has 2 unspecified atom stereocenters. The number of carbonyl (C=O) groups is 1. The van der Waals surface area contributed by atoms with Gasteiger partial charge >= 0.3 is 0 Å². The maximum atomic E-state index is 11.8. The second kappa shape index (κ2) is 5.78. The molecular formula is C17H16ClNO2. The molecule has 1 N–H and O–H groups in total. The first-order valence-corrected chi connectivity index (χ1v) is 7.24. The zero-order valence-corrected chi connectivity index (χ0v) is 12.4. The summed E-state index contributed by atoms with van der Waals surface area (Å²) in [5, 5.41) is 3.62. The smallest absolute Gasteiger partial charge is 0.221 e. The van der Waals surface area contributed by atoms with E-state index in [1.807, 2.05) is 48.5 Å². The van der Waals surface area contributed by atoms with Crippen molar-refractivity contribution in [2.75, 3.05) is 7.11 Å². The molecule has 2 aromatic rings. The van der Waals surface area contributed by atoms with Gasteiger partial charge in [-0.3, -0.25) is 4.79 Å². The van der Waals surface area contributed by atoms with Gasteiger partial charge in [0, 0.05) is 12.3 Å². The highest BCUT2D eigenvalue weighted by Crippen LogP contribution is 2.40. The highest BCUT2D eigenvalue weighted by atomic mass is 35.5. The highest BCUT2D eigenvalue weighted by molar-refractivity contribution is 6.32. The Morgan fingerprint density at radius 3 is 2.57 bits per heavy atom. The van der Waals surface area contributed by atoms with Crippen LogP contribution in [0.4, 0.5) is 0 Å². The van der Waals surface area contributed by atoms with Crippen LogP contribution in [-0.4, -0.2) is 13.0 Å². The van der Waals surface area contributed by atoms with Crippen molar-refractivity contribution in [1.82, 2.24) is 5.32 Å². The monoisotopic (exact) mass is 301 g/mol. The van der Waals surface area contributed by atoms with Crippen LogP contribution in [0.5, 0.6) is 5.75 Å². The Hall–Kier alpha value is -2.00. The van der Waals surface area contributed by atoms with E-state index in [1.165, 1.54) is 0 Å². The van der Waals surface area contributed by atoms with E-state index in [0.717, 1.165) is 11.1 Å². The molecule has 0 spiro atoms. The molecule has 0 bridgehead atoms. The van der Waals surface area contributed by atoms with Gasteiger partial charge in [0.15, 0.2) is 0 Å². The van der Waals surface area contributed by atoms with Crippen molar-refractivity contribution >= 4 is 17.5 Å². The van der Waals surface area contributed by atoms with Crippen LogP contribution in [0.3, 0.4) is 0 Å². The van der Waals surface area contributed by atoms with Crippen molar-refractivity contribution < 1.29 is 9.53 Å². The summed E-state index contributed by atoms with van der Waals surface area (Å²) in [7, 11) is 1.59. The number of methoxy groups -OCH3 is 1. The number of nitrogens with one attached hydrogen (secondary N) is 1. The lowest BCUT2D eigenvalue weighted by atomic mass is 9.88. The average molecular weight is 302 g/mol. The van der Waals surface area contributed by atoms with Gasteiger partial charge in [-0.05, 0) is 23.3 Å². The molecule has 0 aliphatic carbocycles. The van der Waals surface area contributed by atoms with E-state index < -0.39 is 0 Å². The fraction of sp³-hybridized carbons (Fsp3) is 0.235. The Balaban J connectivity index is 1.96. The lowest BCUT2D eigenvalue weighted by Crippen LogP contribution is -2.20. The summed E-state index contributed by atoms with van der Waals surface area (Å²) >= 11 is 6.21. The molecule has 1 aliphatic rings. The Bertz CT molecular complexity index is 657. The first-order valence-electron chi connectivity index (χ1n) is 6.87. The summed E-state index contributed by atoms with van der Waals surface area (Å²) in [5.41, 5.74) is 2.16. The summed E-state index contributed by atoms with van der Waals surface area (Å²) < 4.78 is 5.18. The minimum absolute atomic E-state index is 0.0110. The Kier molecular flexibility index (Phi) is 3.84. The van der Waals surface area contributed by atoms with Gasteiger partial charge in [0.2, 0.25) is 5.91 Å². The first kappa shape index (κ1) is 14.0. The molecule has 1 aliphatic heterocycles. The summed E-state index contributed by atoms with van der Waals surface area (Å²) in [6, 6.07) is 15.7. The topological polar surface area (TPSA) is 38.3 Å². The molecule has 0 saturated carbocycles. The molecule has 3 nitrogen and oxygen atoms in total. The van der Waals surface area contributed by atoms with Crippen LogP contribution >= 0.6 is 11.6 Å². The molecule has 1 saturated heterocycles. The van der Waals surface area contributed by atoms with Crippen molar-refractivity contribution in [3.05, 3.63) is 64.7 Å². The van der Waals surface area contributed by atoms with Crippen LogP contribution in [0.2, 0.25) is 5.02 Å². The number of hydrogen-bond donors (Lipinski definition) is 1. The number of ether oxygens (including phenoxy) is 1. The van der Waals surface area contributed by atoms with Gasteiger partial charge in [-0.15, -0.1) is 0 Å². The third-order valence-electron chi connectivity index (χ3n) is 3.89. The van der Waals surface area contributed by atoms with E-state index in [1.54, 1.807) is 7.11 Å². The first-order chi connectivity index (χ1) is 10.2. The zero-order chi connectivity index (χ0) is 14.8. The van der Waals surface area contributed by atoms with Crippen LogP contribution in [0.1, 0.15) is 29.5 Å². The second-order valence-electron chi connectivity index (χ2n) is 5.16. The maximum absolute atomic E-state index is 11.8. The number of benzene rings is 2. The number of amides is 1. The summed E-state index contributed by atoms with van der Waals surface area (Å²) in [5.74, 6) is 0.804. The average Bonchev–Trinajstić information content (AvgIpc) is 2.90. The van der Waals surface area contributed by atoms with Crippen LogP contribution in [0, 0.1) is 0 Å². The van der Waals surface area contributed by atoms with Gasteiger partial charge < -0.3 is 10.1 Å². The maximum Gasteiger partial charge on any atom is 0.221 e. The number of rotatable bonds is 3. The molecule has 4 heteroatoms. The normalized spacial score (nSPS) is 21.1. The third kappa shape index (κ3) is 2.74. The molecule has 0 radical (unpaired) electrons. The lowest BCUT2D eigenvalue weighted by Gasteiger charge is -2.20.